The number of ether oxygens (including phenoxy) is 1. The second-order valence-corrected chi connectivity index (χ2v) is 4.10. The molecular weight excluding hydrogens is 188 g/mol. The summed E-state index contributed by atoms with van der Waals surface area (Å²) in [5.74, 6) is 0. The Bertz CT molecular complexity index is 110. The van der Waals surface area contributed by atoms with Crippen molar-refractivity contribution in [1.82, 2.24) is 6.15 Å². The van der Waals surface area contributed by atoms with E-state index in [9.17, 15) is 0 Å². The summed E-state index contributed by atoms with van der Waals surface area (Å²) in [6, 6.07) is 0.348. The number of methoxy groups -OCH3 is 1. The molecule has 0 aliphatic carbocycles. The largest absolute Gasteiger partial charge is 0.385 e. The number of hydrogen-bond acceptors (Lipinski definition) is 3. The van der Waals surface area contributed by atoms with Gasteiger partial charge in [0, 0.05) is 19.8 Å². The molecule has 0 saturated carbocycles. The number of hydrogen-bond donors (Lipinski definition) is 2. The first-order valence-electron chi connectivity index (χ1n) is 6.05. The van der Waals surface area contributed by atoms with Crippen molar-refractivity contribution in [3.8, 4) is 0 Å². The molecule has 1 atom stereocenters. The molecule has 0 saturated heterocycles. The van der Waals surface area contributed by atoms with E-state index in [1.54, 1.807) is 7.11 Å². The van der Waals surface area contributed by atoms with Gasteiger partial charge in [-0.3, -0.25) is 0 Å². The summed E-state index contributed by atoms with van der Waals surface area (Å²) >= 11 is 0. The molecule has 0 bridgehead atoms. The molecule has 94 valence electrons. The highest BCUT2D eigenvalue weighted by Crippen LogP contribution is 2.08. The van der Waals surface area contributed by atoms with E-state index in [-0.39, 0.29) is 6.15 Å². The van der Waals surface area contributed by atoms with Gasteiger partial charge in [-0.25, -0.2) is 0 Å². The second kappa shape index (κ2) is 13.9. The predicted molar refractivity (Wildman–Crippen MR) is 67.5 cm³/mol. The van der Waals surface area contributed by atoms with Crippen molar-refractivity contribution >= 4 is 0 Å². The van der Waals surface area contributed by atoms with Crippen molar-refractivity contribution in [3.05, 3.63) is 0 Å². The highest BCUT2D eigenvalue weighted by molar-refractivity contribution is 4.60. The fraction of sp³-hybridized carbons (Fsp3) is 1.00. The Morgan fingerprint density at radius 1 is 1.00 bits per heavy atom. The molecule has 0 radical (unpaired) electrons. The topological polar surface area (TPSA) is 70.2 Å². The first-order valence-corrected chi connectivity index (χ1v) is 6.05. The first-order chi connectivity index (χ1) is 6.81. The molecule has 0 aromatic carbocycles. The molecular formula is C12H30N2O. The summed E-state index contributed by atoms with van der Waals surface area (Å²) in [6.07, 6.45) is 10.3. The summed E-state index contributed by atoms with van der Waals surface area (Å²) in [4.78, 5) is 0. The molecule has 0 aromatic rings. The van der Waals surface area contributed by atoms with Crippen LogP contribution in [0.2, 0.25) is 0 Å². The average molecular weight is 218 g/mol. The maximum absolute atomic E-state index is 5.92. The third-order valence-electron chi connectivity index (χ3n) is 2.62. The standard InChI is InChI=1S/C12H27NO.H3N/c1-3-4-5-6-7-8-9-12(13)10-11-14-2;/h12H,3-11,13H2,1-2H3;1H3. The molecule has 0 rings (SSSR count). The first kappa shape index (κ1) is 17.3. The lowest BCUT2D eigenvalue weighted by Gasteiger charge is -2.10. The van der Waals surface area contributed by atoms with Crippen LogP contribution in [0.3, 0.4) is 0 Å². The van der Waals surface area contributed by atoms with Gasteiger partial charge in [-0.05, 0) is 12.8 Å². The van der Waals surface area contributed by atoms with Gasteiger partial charge >= 0.3 is 0 Å². The Hall–Kier alpha value is -0.120. The van der Waals surface area contributed by atoms with Crippen molar-refractivity contribution in [2.75, 3.05) is 13.7 Å². The van der Waals surface area contributed by atoms with Gasteiger partial charge in [-0.15, -0.1) is 0 Å². The Kier molecular flexibility index (Phi) is 16.0. The molecule has 0 aliphatic rings. The number of rotatable bonds is 10. The van der Waals surface area contributed by atoms with E-state index in [1.165, 1.54) is 38.5 Å². The Labute approximate surface area is 95.3 Å². The fourth-order valence-electron chi connectivity index (χ4n) is 1.60. The molecule has 0 spiro atoms. The molecule has 0 fully saturated rings. The molecule has 15 heavy (non-hydrogen) atoms. The lowest BCUT2D eigenvalue weighted by atomic mass is 10.0. The van der Waals surface area contributed by atoms with Crippen LogP contribution in [0.1, 0.15) is 58.3 Å². The molecule has 3 heteroatoms. The van der Waals surface area contributed by atoms with E-state index in [1.807, 2.05) is 0 Å². The van der Waals surface area contributed by atoms with E-state index in [4.69, 9.17) is 10.5 Å². The van der Waals surface area contributed by atoms with Crippen molar-refractivity contribution in [2.45, 2.75) is 64.3 Å². The molecule has 0 heterocycles. The van der Waals surface area contributed by atoms with Crippen LogP contribution in [0, 0.1) is 0 Å². The smallest absolute Gasteiger partial charge is 0.0477 e. The molecule has 3 nitrogen and oxygen atoms in total. The third-order valence-corrected chi connectivity index (χ3v) is 2.62. The number of unbranched alkanes of at least 4 members (excludes halogenated alkanes) is 5. The molecule has 0 aromatic heterocycles. The summed E-state index contributed by atoms with van der Waals surface area (Å²) in [5.41, 5.74) is 5.92. The van der Waals surface area contributed by atoms with Crippen molar-refractivity contribution in [1.29, 1.82) is 0 Å². The molecule has 5 N–H and O–H groups in total. The van der Waals surface area contributed by atoms with Gasteiger partial charge in [0.1, 0.15) is 0 Å². The van der Waals surface area contributed by atoms with E-state index < -0.39 is 0 Å². The highest BCUT2D eigenvalue weighted by atomic mass is 16.5. The van der Waals surface area contributed by atoms with Crippen molar-refractivity contribution in [2.24, 2.45) is 5.73 Å². The summed E-state index contributed by atoms with van der Waals surface area (Å²) in [5, 5.41) is 0. The zero-order chi connectivity index (χ0) is 10.6. The van der Waals surface area contributed by atoms with Crippen LogP contribution >= 0.6 is 0 Å². The van der Waals surface area contributed by atoms with E-state index in [0.29, 0.717) is 6.04 Å². The Morgan fingerprint density at radius 3 is 2.20 bits per heavy atom. The fourth-order valence-corrected chi connectivity index (χ4v) is 1.60. The van der Waals surface area contributed by atoms with E-state index in [0.717, 1.165) is 19.4 Å². The Balaban J connectivity index is 0. The minimum atomic E-state index is 0. The van der Waals surface area contributed by atoms with Crippen LogP contribution in [0.5, 0.6) is 0 Å². The maximum atomic E-state index is 5.92. The van der Waals surface area contributed by atoms with Crippen LogP contribution < -0.4 is 11.9 Å². The average Bonchev–Trinajstić information content (AvgIpc) is 2.20. The predicted octanol–water partition coefficient (Wildman–Crippen LogP) is 3.26. The maximum Gasteiger partial charge on any atom is 0.0477 e. The van der Waals surface area contributed by atoms with E-state index >= 15 is 0 Å². The van der Waals surface area contributed by atoms with Crippen LogP contribution in [-0.2, 0) is 4.74 Å². The van der Waals surface area contributed by atoms with Gasteiger partial charge in [0.05, 0.1) is 0 Å². The number of nitrogens with two attached hydrogens (primary N) is 1. The monoisotopic (exact) mass is 218 g/mol. The highest BCUT2D eigenvalue weighted by Gasteiger charge is 2.01. The summed E-state index contributed by atoms with van der Waals surface area (Å²) < 4.78 is 4.99. The van der Waals surface area contributed by atoms with Crippen LogP contribution in [0.15, 0.2) is 0 Å². The summed E-state index contributed by atoms with van der Waals surface area (Å²) in [6.45, 7) is 3.05. The molecule has 0 aliphatic heterocycles. The summed E-state index contributed by atoms with van der Waals surface area (Å²) in [7, 11) is 1.73. The SMILES string of the molecule is CCCCCCCCC(N)CCOC.N. The quantitative estimate of drug-likeness (QED) is 0.553. The Morgan fingerprint density at radius 2 is 1.60 bits per heavy atom. The zero-order valence-corrected chi connectivity index (χ0v) is 10.6. The van der Waals surface area contributed by atoms with Gasteiger partial charge in [0.2, 0.25) is 0 Å². The van der Waals surface area contributed by atoms with Gasteiger partial charge in [-0.1, -0.05) is 45.4 Å². The van der Waals surface area contributed by atoms with Crippen molar-refractivity contribution in [3.63, 3.8) is 0 Å². The van der Waals surface area contributed by atoms with Crippen LogP contribution in [-0.4, -0.2) is 19.8 Å². The van der Waals surface area contributed by atoms with Crippen molar-refractivity contribution < 1.29 is 4.74 Å². The molecule has 0 amide bonds. The second-order valence-electron chi connectivity index (χ2n) is 4.10. The zero-order valence-electron chi connectivity index (χ0n) is 10.6. The van der Waals surface area contributed by atoms with Gasteiger partial charge in [-0.2, -0.15) is 0 Å². The lowest BCUT2D eigenvalue weighted by Crippen LogP contribution is -2.21. The van der Waals surface area contributed by atoms with Gasteiger partial charge in [0.25, 0.3) is 0 Å². The van der Waals surface area contributed by atoms with Crippen LogP contribution in [0.4, 0.5) is 0 Å². The lowest BCUT2D eigenvalue weighted by molar-refractivity contribution is 0.186. The van der Waals surface area contributed by atoms with E-state index in [2.05, 4.69) is 6.92 Å². The normalized spacial score (nSPS) is 12.2. The minimum Gasteiger partial charge on any atom is -0.385 e. The van der Waals surface area contributed by atoms with Crippen LogP contribution in [0.25, 0.3) is 0 Å². The minimum absolute atomic E-state index is 0. The van der Waals surface area contributed by atoms with Gasteiger partial charge in [0.15, 0.2) is 0 Å². The van der Waals surface area contributed by atoms with Gasteiger partial charge < -0.3 is 16.6 Å². The molecule has 1 unspecified atom stereocenters. The third kappa shape index (κ3) is 13.9.